The third kappa shape index (κ3) is 2.79. The molecule has 0 saturated heterocycles. The Morgan fingerprint density at radius 1 is 1.37 bits per heavy atom. The van der Waals surface area contributed by atoms with E-state index in [9.17, 15) is 5.11 Å². The van der Waals surface area contributed by atoms with Crippen molar-refractivity contribution in [1.82, 2.24) is 9.55 Å². The van der Waals surface area contributed by atoms with Gasteiger partial charge in [-0.15, -0.1) is 0 Å². The lowest BCUT2D eigenvalue weighted by Crippen LogP contribution is -2.22. The number of hydrogen-bond acceptors (Lipinski definition) is 5. The molecule has 1 aliphatic heterocycles. The molecule has 1 unspecified atom stereocenters. The van der Waals surface area contributed by atoms with Crippen LogP contribution in [-0.4, -0.2) is 34.2 Å². The van der Waals surface area contributed by atoms with Crippen LogP contribution in [0.25, 0.3) is 0 Å². The molecule has 2 heterocycles. The average Bonchev–Trinajstić information content (AvgIpc) is 3.06. The van der Waals surface area contributed by atoms with Gasteiger partial charge in [-0.25, -0.2) is 4.98 Å². The molecule has 0 radical (unpaired) electrons. The van der Waals surface area contributed by atoms with Gasteiger partial charge in [0.2, 0.25) is 6.79 Å². The fourth-order valence-corrected chi connectivity index (χ4v) is 1.85. The van der Waals surface area contributed by atoms with Crippen LogP contribution in [0.5, 0.6) is 17.2 Å². The number of ether oxygens (including phenoxy) is 3. The van der Waals surface area contributed by atoms with Gasteiger partial charge >= 0.3 is 0 Å². The van der Waals surface area contributed by atoms with Gasteiger partial charge in [0.15, 0.2) is 11.5 Å². The summed E-state index contributed by atoms with van der Waals surface area (Å²) in [5, 5.41) is 9.85. The largest absolute Gasteiger partial charge is 0.491 e. The molecule has 0 fully saturated rings. The fourth-order valence-electron chi connectivity index (χ4n) is 1.85. The zero-order valence-electron chi connectivity index (χ0n) is 10.2. The number of nitrogens with zero attached hydrogens (tertiary/aromatic N) is 2. The number of rotatable bonds is 5. The second kappa shape index (κ2) is 5.19. The van der Waals surface area contributed by atoms with Crippen molar-refractivity contribution in [3.05, 3.63) is 36.9 Å². The van der Waals surface area contributed by atoms with Crippen LogP contribution in [0.15, 0.2) is 36.9 Å². The highest BCUT2D eigenvalue weighted by molar-refractivity contribution is 5.46. The van der Waals surface area contributed by atoms with Crippen molar-refractivity contribution in [3.8, 4) is 17.2 Å². The molecule has 6 heteroatoms. The minimum absolute atomic E-state index is 0.206. The summed E-state index contributed by atoms with van der Waals surface area (Å²) >= 11 is 0. The van der Waals surface area contributed by atoms with E-state index in [-0.39, 0.29) is 13.4 Å². The number of fused-ring (bicyclic) bond motifs is 1. The number of benzene rings is 1. The Bertz CT molecular complexity index is 542. The van der Waals surface area contributed by atoms with Crippen LogP contribution in [0.1, 0.15) is 0 Å². The second-order valence-electron chi connectivity index (χ2n) is 4.24. The van der Waals surface area contributed by atoms with Crippen molar-refractivity contribution in [2.24, 2.45) is 0 Å². The number of aromatic nitrogens is 2. The molecule has 0 bridgehead atoms. The van der Waals surface area contributed by atoms with Crippen molar-refractivity contribution >= 4 is 0 Å². The van der Waals surface area contributed by atoms with E-state index < -0.39 is 6.10 Å². The Labute approximate surface area is 110 Å². The molecule has 1 atom stereocenters. The topological polar surface area (TPSA) is 65.7 Å². The van der Waals surface area contributed by atoms with Gasteiger partial charge in [-0.2, -0.15) is 0 Å². The van der Waals surface area contributed by atoms with Gasteiger partial charge in [0.25, 0.3) is 0 Å². The number of aliphatic hydroxyl groups excluding tert-OH is 1. The fraction of sp³-hybridized carbons (Fsp3) is 0.308. The van der Waals surface area contributed by atoms with E-state index in [4.69, 9.17) is 14.2 Å². The summed E-state index contributed by atoms with van der Waals surface area (Å²) in [6.45, 7) is 0.893. The maximum atomic E-state index is 9.85. The second-order valence-corrected chi connectivity index (χ2v) is 4.24. The average molecular weight is 262 g/mol. The zero-order chi connectivity index (χ0) is 13.1. The van der Waals surface area contributed by atoms with Crippen LogP contribution in [0.3, 0.4) is 0 Å². The molecule has 2 aromatic rings. The van der Waals surface area contributed by atoms with E-state index in [1.54, 1.807) is 41.5 Å². The molecule has 0 spiro atoms. The molecule has 0 amide bonds. The van der Waals surface area contributed by atoms with E-state index in [1.807, 2.05) is 0 Å². The Hall–Kier alpha value is -2.21. The number of aliphatic hydroxyl groups is 1. The predicted molar refractivity (Wildman–Crippen MR) is 66.3 cm³/mol. The third-order valence-corrected chi connectivity index (χ3v) is 2.77. The normalized spacial score (nSPS) is 14.4. The summed E-state index contributed by atoms with van der Waals surface area (Å²) in [6, 6.07) is 5.34. The van der Waals surface area contributed by atoms with Crippen molar-refractivity contribution in [2.45, 2.75) is 12.6 Å². The Morgan fingerprint density at radius 2 is 2.26 bits per heavy atom. The van der Waals surface area contributed by atoms with Crippen LogP contribution in [0, 0.1) is 0 Å². The maximum absolute atomic E-state index is 9.85. The first-order valence-corrected chi connectivity index (χ1v) is 5.97. The lowest BCUT2D eigenvalue weighted by atomic mass is 10.3. The van der Waals surface area contributed by atoms with Crippen LogP contribution in [-0.2, 0) is 6.54 Å². The minimum atomic E-state index is -0.598. The molecule has 100 valence electrons. The first-order valence-electron chi connectivity index (χ1n) is 5.97. The monoisotopic (exact) mass is 262 g/mol. The van der Waals surface area contributed by atoms with Gasteiger partial charge < -0.3 is 23.9 Å². The smallest absolute Gasteiger partial charge is 0.231 e. The molecule has 1 aromatic carbocycles. The first-order chi connectivity index (χ1) is 9.31. The number of hydrogen-bond donors (Lipinski definition) is 1. The van der Waals surface area contributed by atoms with E-state index in [0.717, 1.165) is 0 Å². The lowest BCUT2D eigenvalue weighted by Gasteiger charge is -2.13. The predicted octanol–water partition coefficient (Wildman–Crippen LogP) is 1.05. The highest BCUT2D eigenvalue weighted by atomic mass is 16.7. The molecular weight excluding hydrogens is 248 g/mol. The van der Waals surface area contributed by atoms with Crippen LogP contribution >= 0.6 is 0 Å². The third-order valence-electron chi connectivity index (χ3n) is 2.77. The van der Waals surface area contributed by atoms with E-state index >= 15 is 0 Å². The summed E-state index contributed by atoms with van der Waals surface area (Å²) in [6.07, 6.45) is 4.53. The summed E-state index contributed by atoms with van der Waals surface area (Å²) in [7, 11) is 0. The summed E-state index contributed by atoms with van der Waals surface area (Å²) in [4.78, 5) is 3.91. The van der Waals surface area contributed by atoms with Gasteiger partial charge in [0.05, 0.1) is 12.9 Å². The molecule has 1 N–H and O–H groups in total. The Morgan fingerprint density at radius 3 is 3.11 bits per heavy atom. The van der Waals surface area contributed by atoms with Crippen LogP contribution in [0.2, 0.25) is 0 Å². The lowest BCUT2D eigenvalue weighted by molar-refractivity contribution is 0.0923. The highest BCUT2D eigenvalue weighted by Gasteiger charge is 2.14. The molecular formula is C13H14N2O4. The van der Waals surface area contributed by atoms with Crippen molar-refractivity contribution in [3.63, 3.8) is 0 Å². The van der Waals surface area contributed by atoms with Crippen LogP contribution < -0.4 is 14.2 Å². The summed E-state index contributed by atoms with van der Waals surface area (Å²) in [5.74, 6) is 2.03. The van der Waals surface area contributed by atoms with Gasteiger partial charge in [-0.05, 0) is 12.1 Å². The molecule has 3 rings (SSSR count). The Kier molecular flexibility index (Phi) is 3.24. The summed E-state index contributed by atoms with van der Waals surface area (Å²) in [5.41, 5.74) is 0. The molecule has 0 aliphatic carbocycles. The van der Waals surface area contributed by atoms with Crippen molar-refractivity contribution in [1.29, 1.82) is 0 Å². The molecule has 0 saturated carbocycles. The van der Waals surface area contributed by atoms with E-state index in [2.05, 4.69) is 4.98 Å². The molecule has 19 heavy (non-hydrogen) atoms. The van der Waals surface area contributed by atoms with Crippen molar-refractivity contribution in [2.75, 3.05) is 13.4 Å². The van der Waals surface area contributed by atoms with Gasteiger partial charge in [-0.3, -0.25) is 0 Å². The molecule has 6 nitrogen and oxygen atoms in total. The van der Waals surface area contributed by atoms with Gasteiger partial charge in [0, 0.05) is 18.5 Å². The van der Waals surface area contributed by atoms with Gasteiger partial charge in [-0.1, -0.05) is 0 Å². The molecule has 1 aromatic heterocycles. The highest BCUT2D eigenvalue weighted by Crippen LogP contribution is 2.35. The van der Waals surface area contributed by atoms with Gasteiger partial charge in [0.1, 0.15) is 18.5 Å². The zero-order valence-corrected chi connectivity index (χ0v) is 10.2. The SMILES string of the molecule is OC(COc1ccc2c(c1)OCO2)Cn1ccnc1. The summed E-state index contributed by atoms with van der Waals surface area (Å²) < 4.78 is 17.8. The minimum Gasteiger partial charge on any atom is -0.491 e. The Balaban J connectivity index is 1.54. The number of imidazole rings is 1. The van der Waals surface area contributed by atoms with Crippen molar-refractivity contribution < 1.29 is 19.3 Å². The first kappa shape index (κ1) is 11.9. The standard InChI is InChI=1S/C13H14N2O4/c16-10(6-15-4-3-14-8-15)7-17-11-1-2-12-13(5-11)19-9-18-12/h1-5,8,10,16H,6-7,9H2. The van der Waals surface area contributed by atoms with E-state index in [0.29, 0.717) is 23.8 Å². The van der Waals surface area contributed by atoms with E-state index in [1.165, 1.54) is 0 Å². The quantitative estimate of drug-likeness (QED) is 0.872. The maximum Gasteiger partial charge on any atom is 0.231 e. The molecule has 1 aliphatic rings. The van der Waals surface area contributed by atoms with Crippen LogP contribution in [0.4, 0.5) is 0 Å².